The Hall–Kier alpha value is -1.75. The van der Waals surface area contributed by atoms with Crippen molar-refractivity contribution in [1.82, 2.24) is 4.90 Å². The first kappa shape index (κ1) is 14.7. The van der Waals surface area contributed by atoms with Crippen molar-refractivity contribution in [1.29, 1.82) is 0 Å². The van der Waals surface area contributed by atoms with Crippen molar-refractivity contribution < 1.29 is 9.59 Å². The highest BCUT2D eigenvalue weighted by molar-refractivity contribution is 7.80. The second-order valence-corrected chi connectivity index (χ2v) is 6.12. The summed E-state index contributed by atoms with van der Waals surface area (Å²) < 4.78 is 0. The number of imide groups is 1. The number of nitrogens with two attached hydrogens (primary N) is 1. The van der Waals surface area contributed by atoms with Crippen LogP contribution in [0.25, 0.3) is 0 Å². The van der Waals surface area contributed by atoms with E-state index < -0.39 is 0 Å². The standard InChI is InChI=1S/C15H18N2O2S/c1-15(2,14(16)20)7-8-17-12(18)9-10-5-3-4-6-11(10)13(17)19/h3-6H,7-9H2,1-2H3,(H2,16,20). The molecule has 0 saturated carbocycles. The molecule has 2 N–H and O–H groups in total. The van der Waals surface area contributed by atoms with E-state index in [-0.39, 0.29) is 23.7 Å². The van der Waals surface area contributed by atoms with E-state index in [1.807, 2.05) is 32.0 Å². The minimum Gasteiger partial charge on any atom is -0.393 e. The first-order valence-electron chi connectivity index (χ1n) is 6.55. The number of hydrogen-bond donors (Lipinski definition) is 1. The van der Waals surface area contributed by atoms with E-state index in [4.69, 9.17) is 18.0 Å². The summed E-state index contributed by atoms with van der Waals surface area (Å²) in [6.45, 7) is 4.18. The molecule has 2 rings (SSSR count). The van der Waals surface area contributed by atoms with Gasteiger partial charge in [0.2, 0.25) is 5.91 Å². The molecule has 1 aliphatic heterocycles. The molecule has 0 atom stereocenters. The van der Waals surface area contributed by atoms with Crippen LogP contribution in [0.15, 0.2) is 24.3 Å². The molecule has 1 aromatic rings. The first-order valence-corrected chi connectivity index (χ1v) is 6.96. The zero-order valence-corrected chi connectivity index (χ0v) is 12.5. The second-order valence-electron chi connectivity index (χ2n) is 5.68. The molecule has 5 heteroatoms. The number of rotatable bonds is 4. The molecule has 2 amide bonds. The largest absolute Gasteiger partial charge is 0.393 e. The number of benzene rings is 1. The summed E-state index contributed by atoms with van der Waals surface area (Å²) >= 11 is 5.01. The highest BCUT2D eigenvalue weighted by Gasteiger charge is 2.32. The molecule has 106 valence electrons. The molecule has 0 radical (unpaired) electrons. The van der Waals surface area contributed by atoms with E-state index >= 15 is 0 Å². The molecule has 0 fully saturated rings. The monoisotopic (exact) mass is 290 g/mol. The number of amides is 2. The predicted molar refractivity (Wildman–Crippen MR) is 81.4 cm³/mol. The van der Waals surface area contributed by atoms with Crippen LogP contribution in [0.1, 0.15) is 36.2 Å². The second kappa shape index (κ2) is 5.32. The van der Waals surface area contributed by atoms with Gasteiger partial charge in [-0.1, -0.05) is 44.3 Å². The van der Waals surface area contributed by atoms with Crippen LogP contribution in [0.5, 0.6) is 0 Å². The van der Waals surface area contributed by atoms with Crippen molar-refractivity contribution in [2.45, 2.75) is 26.7 Å². The van der Waals surface area contributed by atoms with Crippen LogP contribution in [0, 0.1) is 5.41 Å². The van der Waals surface area contributed by atoms with Gasteiger partial charge in [-0.05, 0) is 18.1 Å². The lowest BCUT2D eigenvalue weighted by Crippen LogP contribution is -2.44. The van der Waals surface area contributed by atoms with Crippen LogP contribution in [-0.4, -0.2) is 28.2 Å². The van der Waals surface area contributed by atoms with Crippen molar-refractivity contribution >= 4 is 29.0 Å². The third-order valence-corrected chi connectivity index (χ3v) is 4.32. The third kappa shape index (κ3) is 2.72. The summed E-state index contributed by atoms with van der Waals surface area (Å²) in [5.74, 6) is -0.386. The summed E-state index contributed by atoms with van der Waals surface area (Å²) in [6.07, 6.45) is 0.845. The van der Waals surface area contributed by atoms with Gasteiger partial charge in [0.15, 0.2) is 0 Å². The molecule has 0 bridgehead atoms. The average molecular weight is 290 g/mol. The number of nitrogens with zero attached hydrogens (tertiary/aromatic N) is 1. The lowest BCUT2D eigenvalue weighted by molar-refractivity contribution is -0.128. The molecule has 0 aromatic heterocycles. The van der Waals surface area contributed by atoms with Gasteiger partial charge < -0.3 is 5.73 Å². The molecule has 0 aliphatic carbocycles. The van der Waals surface area contributed by atoms with Gasteiger partial charge in [-0.15, -0.1) is 0 Å². The van der Waals surface area contributed by atoms with Crippen molar-refractivity contribution in [3.8, 4) is 0 Å². The maximum absolute atomic E-state index is 12.4. The predicted octanol–water partition coefficient (Wildman–Crippen LogP) is 1.91. The van der Waals surface area contributed by atoms with Gasteiger partial charge in [-0.2, -0.15) is 0 Å². The topological polar surface area (TPSA) is 63.4 Å². The number of fused-ring (bicyclic) bond motifs is 1. The maximum Gasteiger partial charge on any atom is 0.260 e. The van der Waals surface area contributed by atoms with Crippen LogP contribution in [-0.2, 0) is 11.2 Å². The van der Waals surface area contributed by atoms with Gasteiger partial charge in [-0.25, -0.2) is 0 Å². The highest BCUT2D eigenvalue weighted by atomic mass is 32.1. The van der Waals surface area contributed by atoms with Gasteiger partial charge in [-0.3, -0.25) is 14.5 Å². The molecule has 0 spiro atoms. The molecule has 1 aromatic carbocycles. The van der Waals surface area contributed by atoms with Gasteiger partial charge in [0.05, 0.1) is 11.4 Å². The van der Waals surface area contributed by atoms with E-state index in [9.17, 15) is 9.59 Å². The SMILES string of the molecule is CC(C)(CCN1C(=O)Cc2ccccc2C1=O)C(N)=S. The Morgan fingerprint density at radius 3 is 2.65 bits per heavy atom. The number of thiocarbonyl (C=S) groups is 1. The fourth-order valence-electron chi connectivity index (χ4n) is 2.14. The van der Waals surface area contributed by atoms with Crippen LogP contribution in [0.3, 0.4) is 0 Å². The maximum atomic E-state index is 12.4. The highest BCUT2D eigenvalue weighted by Crippen LogP contribution is 2.24. The quantitative estimate of drug-likeness (QED) is 0.679. The summed E-state index contributed by atoms with van der Waals surface area (Å²) in [6, 6.07) is 7.23. The van der Waals surface area contributed by atoms with Crippen LogP contribution in [0.4, 0.5) is 0 Å². The van der Waals surface area contributed by atoms with E-state index in [1.54, 1.807) is 6.07 Å². The summed E-state index contributed by atoms with van der Waals surface area (Å²) in [7, 11) is 0. The zero-order chi connectivity index (χ0) is 14.9. The fraction of sp³-hybridized carbons (Fsp3) is 0.400. The first-order chi connectivity index (χ1) is 9.33. The number of carbonyl (C=O) groups excluding carboxylic acids is 2. The van der Waals surface area contributed by atoms with Gasteiger partial charge in [0, 0.05) is 17.5 Å². The van der Waals surface area contributed by atoms with Crippen molar-refractivity contribution in [3.05, 3.63) is 35.4 Å². The molecule has 1 aliphatic rings. The van der Waals surface area contributed by atoms with Crippen molar-refractivity contribution in [3.63, 3.8) is 0 Å². The Balaban J connectivity index is 2.16. The molecule has 0 saturated heterocycles. The molecule has 1 heterocycles. The fourth-order valence-corrected chi connectivity index (χ4v) is 2.24. The van der Waals surface area contributed by atoms with Gasteiger partial charge in [0.25, 0.3) is 5.91 Å². The van der Waals surface area contributed by atoms with Crippen LogP contribution >= 0.6 is 12.2 Å². The summed E-state index contributed by atoms with van der Waals surface area (Å²) in [5, 5.41) is 0. The Morgan fingerprint density at radius 1 is 1.35 bits per heavy atom. The normalized spacial score (nSPS) is 15.2. The van der Waals surface area contributed by atoms with Crippen LogP contribution < -0.4 is 5.73 Å². The number of carbonyl (C=O) groups is 2. The molecule has 20 heavy (non-hydrogen) atoms. The van der Waals surface area contributed by atoms with E-state index in [1.165, 1.54) is 4.90 Å². The zero-order valence-electron chi connectivity index (χ0n) is 11.7. The minimum atomic E-state index is -0.368. The Kier molecular flexibility index (Phi) is 3.90. The summed E-state index contributed by atoms with van der Waals surface area (Å²) in [5.41, 5.74) is 6.72. The van der Waals surface area contributed by atoms with Crippen molar-refractivity contribution in [2.75, 3.05) is 6.54 Å². The Morgan fingerprint density at radius 2 is 2.00 bits per heavy atom. The Labute approximate surface area is 123 Å². The molecule has 0 unspecified atom stereocenters. The summed E-state index contributed by atoms with van der Waals surface area (Å²) in [4.78, 5) is 26.2. The average Bonchev–Trinajstić information content (AvgIpc) is 2.38. The van der Waals surface area contributed by atoms with Gasteiger partial charge in [0.1, 0.15) is 0 Å². The lowest BCUT2D eigenvalue weighted by Gasteiger charge is -2.30. The van der Waals surface area contributed by atoms with E-state index in [2.05, 4.69) is 0 Å². The van der Waals surface area contributed by atoms with Crippen LogP contribution in [0.2, 0.25) is 0 Å². The smallest absolute Gasteiger partial charge is 0.260 e. The molecular formula is C15H18N2O2S. The number of hydrogen-bond acceptors (Lipinski definition) is 3. The van der Waals surface area contributed by atoms with Crippen molar-refractivity contribution in [2.24, 2.45) is 11.1 Å². The Bertz CT molecular complexity index is 581. The van der Waals surface area contributed by atoms with Gasteiger partial charge >= 0.3 is 0 Å². The molecular weight excluding hydrogens is 272 g/mol. The minimum absolute atomic E-state index is 0.160. The third-order valence-electron chi connectivity index (χ3n) is 3.76. The van der Waals surface area contributed by atoms with E-state index in [0.717, 1.165) is 5.56 Å². The molecule has 4 nitrogen and oxygen atoms in total. The lowest BCUT2D eigenvalue weighted by atomic mass is 9.88. The van der Waals surface area contributed by atoms with E-state index in [0.29, 0.717) is 23.5 Å².